The van der Waals surface area contributed by atoms with Crippen LogP contribution >= 0.6 is 0 Å². The summed E-state index contributed by atoms with van der Waals surface area (Å²) in [6.45, 7) is 4.00. The quantitative estimate of drug-likeness (QED) is 0.495. The normalized spacial score (nSPS) is 15.3. The lowest BCUT2D eigenvalue weighted by atomic mass is 9.93. The third-order valence-electron chi connectivity index (χ3n) is 5.84. The molecule has 5 rings (SSSR count). The van der Waals surface area contributed by atoms with E-state index in [4.69, 9.17) is 0 Å². The molecule has 4 aromatic rings. The first kappa shape index (κ1) is 19.9. The van der Waals surface area contributed by atoms with Gasteiger partial charge in [-0.15, -0.1) is 0 Å². The lowest BCUT2D eigenvalue weighted by molar-refractivity contribution is 0.0728. The Morgan fingerprint density at radius 3 is 2.72 bits per heavy atom. The minimum absolute atomic E-state index is 0.0929. The topological polar surface area (TPSA) is 82.1 Å². The Kier molecular flexibility index (Phi) is 4.74. The van der Waals surface area contributed by atoms with E-state index in [2.05, 4.69) is 15.2 Å². The van der Waals surface area contributed by atoms with Crippen molar-refractivity contribution < 1.29 is 14.3 Å². The van der Waals surface area contributed by atoms with E-state index in [0.717, 1.165) is 11.1 Å². The number of aromatic amines is 1. The molecule has 7 heteroatoms. The van der Waals surface area contributed by atoms with E-state index >= 15 is 0 Å². The van der Waals surface area contributed by atoms with Crippen LogP contribution in [0.1, 0.15) is 44.3 Å². The number of aromatic hydroxyl groups is 1. The number of fused-ring (bicyclic) bond motifs is 1. The second-order valence-electron chi connectivity index (χ2n) is 8.06. The first-order valence-electron chi connectivity index (χ1n) is 10.3. The Labute approximate surface area is 184 Å². The zero-order chi connectivity index (χ0) is 22.4. The summed E-state index contributed by atoms with van der Waals surface area (Å²) in [7, 11) is 0. The average molecular weight is 428 g/mol. The van der Waals surface area contributed by atoms with Crippen LogP contribution in [0, 0.1) is 19.7 Å². The number of aromatic nitrogens is 3. The number of nitrogens with one attached hydrogen (secondary N) is 1. The van der Waals surface area contributed by atoms with Gasteiger partial charge in [0.1, 0.15) is 23.0 Å². The number of halogens is 1. The first-order valence-corrected chi connectivity index (χ1v) is 10.3. The summed E-state index contributed by atoms with van der Waals surface area (Å²) in [6.07, 6.45) is 3.35. The van der Waals surface area contributed by atoms with Gasteiger partial charge in [0.15, 0.2) is 0 Å². The van der Waals surface area contributed by atoms with E-state index in [0.29, 0.717) is 33.6 Å². The highest BCUT2D eigenvalue weighted by Crippen LogP contribution is 2.46. The fraction of sp³-hybridized carbons (Fsp3) is 0.160. The van der Waals surface area contributed by atoms with Crippen molar-refractivity contribution in [3.63, 3.8) is 0 Å². The van der Waals surface area contributed by atoms with Gasteiger partial charge in [-0.3, -0.25) is 14.9 Å². The van der Waals surface area contributed by atoms with Crippen molar-refractivity contribution in [1.29, 1.82) is 0 Å². The van der Waals surface area contributed by atoms with Crippen LogP contribution < -0.4 is 0 Å². The zero-order valence-electron chi connectivity index (χ0n) is 17.6. The second kappa shape index (κ2) is 7.60. The number of rotatable bonds is 4. The lowest BCUT2D eigenvalue weighted by Gasteiger charge is -2.26. The number of phenols is 1. The van der Waals surface area contributed by atoms with Gasteiger partial charge in [-0.2, -0.15) is 5.10 Å². The van der Waals surface area contributed by atoms with Gasteiger partial charge in [-0.1, -0.05) is 30.3 Å². The maximum atomic E-state index is 15.0. The van der Waals surface area contributed by atoms with Gasteiger partial charge in [0, 0.05) is 35.6 Å². The van der Waals surface area contributed by atoms with Crippen molar-refractivity contribution in [3.8, 4) is 17.0 Å². The smallest absolute Gasteiger partial charge is 0.273 e. The molecule has 1 amide bonds. The summed E-state index contributed by atoms with van der Waals surface area (Å²) in [4.78, 5) is 19.2. The van der Waals surface area contributed by atoms with Crippen LogP contribution in [0.5, 0.6) is 5.75 Å². The Bertz CT molecular complexity index is 1330. The molecule has 0 saturated carbocycles. The van der Waals surface area contributed by atoms with Crippen LogP contribution in [0.15, 0.2) is 60.9 Å². The summed E-state index contributed by atoms with van der Waals surface area (Å²) in [6, 6.07) is 13.1. The molecule has 2 N–H and O–H groups in total. The largest absolute Gasteiger partial charge is 0.507 e. The Morgan fingerprint density at radius 2 is 1.97 bits per heavy atom. The number of nitrogens with zero attached hydrogens (tertiary/aromatic N) is 3. The summed E-state index contributed by atoms with van der Waals surface area (Å²) in [5.41, 5.74) is 4.67. The number of benzene rings is 2. The highest BCUT2D eigenvalue weighted by atomic mass is 19.1. The van der Waals surface area contributed by atoms with Gasteiger partial charge >= 0.3 is 0 Å². The van der Waals surface area contributed by atoms with Crippen molar-refractivity contribution >= 4 is 5.91 Å². The Hall–Kier alpha value is -4.00. The van der Waals surface area contributed by atoms with E-state index in [-0.39, 0.29) is 18.2 Å². The standard InChI is InChI=1S/C25H21FN4O2/c1-14-10-15(2)24(31)18(11-14)21-20-22(29-28-21)25(32)30(13-16-6-5-9-27-12-16)23(20)17-7-3-4-8-19(17)26/h3-12,23,31H,13H2,1-2H3,(H,28,29)/t23-/m0/s1. The number of pyridine rings is 1. The molecular weight excluding hydrogens is 407 g/mol. The molecule has 2 aromatic heterocycles. The van der Waals surface area contributed by atoms with Gasteiger partial charge in [0.2, 0.25) is 0 Å². The van der Waals surface area contributed by atoms with Crippen molar-refractivity contribution in [2.75, 3.05) is 0 Å². The molecule has 1 aliphatic heterocycles. The van der Waals surface area contributed by atoms with Crippen LogP contribution in [0.3, 0.4) is 0 Å². The van der Waals surface area contributed by atoms with Crippen LogP contribution in [-0.4, -0.2) is 31.1 Å². The molecule has 160 valence electrons. The van der Waals surface area contributed by atoms with Crippen LogP contribution in [-0.2, 0) is 6.54 Å². The molecule has 0 aliphatic carbocycles. The lowest BCUT2D eigenvalue weighted by Crippen LogP contribution is -2.29. The van der Waals surface area contributed by atoms with E-state index in [1.165, 1.54) is 6.07 Å². The number of hydrogen-bond donors (Lipinski definition) is 2. The molecule has 0 saturated heterocycles. The van der Waals surface area contributed by atoms with E-state index in [1.807, 2.05) is 32.0 Å². The molecule has 0 unspecified atom stereocenters. The number of phenolic OH excluding ortho intramolecular Hbond substituents is 1. The number of carbonyl (C=O) groups excluding carboxylic acids is 1. The highest BCUT2D eigenvalue weighted by molar-refractivity contribution is 6.00. The predicted molar refractivity (Wildman–Crippen MR) is 118 cm³/mol. The highest BCUT2D eigenvalue weighted by Gasteiger charge is 2.43. The minimum atomic E-state index is -0.701. The van der Waals surface area contributed by atoms with E-state index in [1.54, 1.807) is 41.6 Å². The van der Waals surface area contributed by atoms with Gasteiger partial charge in [0.05, 0.1) is 6.04 Å². The summed E-state index contributed by atoms with van der Waals surface area (Å²) in [5, 5.41) is 18.0. The fourth-order valence-electron chi connectivity index (χ4n) is 4.41. The van der Waals surface area contributed by atoms with Crippen LogP contribution in [0.2, 0.25) is 0 Å². The number of amides is 1. The molecule has 1 aliphatic rings. The number of aryl methyl sites for hydroxylation is 2. The summed E-state index contributed by atoms with van der Waals surface area (Å²) in [5.74, 6) is -0.596. The molecule has 0 spiro atoms. The van der Waals surface area contributed by atoms with Crippen LogP contribution in [0.25, 0.3) is 11.3 Å². The van der Waals surface area contributed by atoms with Crippen molar-refractivity contribution in [2.45, 2.75) is 26.4 Å². The number of H-pyrrole nitrogens is 1. The Morgan fingerprint density at radius 1 is 1.16 bits per heavy atom. The Balaban J connectivity index is 1.72. The molecule has 0 bridgehead atoms. The van der Waals surface area contributed by atoms with Crippen LogP contribution in [0.4, 0.5) is 4.39 Å². The maximum Gasteiger partial charge on any atom is 0.273 e. The second-order valence-corrected chi connectivity index (χ2v) is 8.06. The van der Waals surface area contributed by atoms with Gasteiger partial charge < -0.3 is 10.0 Å². The zero-order valence-corrected chi connectivity index (χ0v) is 17.6. The maximum absolute atomic E-state index is 15.0. The molecule has 1 atom stereocenters. The minimum Gasteiger partial charge on any atom is -0.507 e. The molecule has 3 heterocycles. The molecular formula is C25H21FN4O2. The molecule has 32 heavy (non-hydrogen) atoms. The first-order chi connectivity index (χ1) is 15.5. The van der Waals surface area contributed by atoms with Gasteiger partial charge in [-0.25, -0.2) is 4.39 Å². The summed E-state index contributed by atoms with van der Waals surface area (Å²) < 4.78 is 15.0. The van der Waals surface area contributed by atoms with Crippen molar-refractivity contribution in [3.05, 3.63) is 100 Å². The average Bonchev–Trinajstić information content (AvgIpc) is 3.32. The molecule has 0 fully saturated rings. The third kappa shape index (κ3) is 3.13. The molecule has 6 nitrogen and oxygen atoms in total. The SMILES string of the molecule is Cc1cc(C)c(O)c(-c2n[nH]c3c2[C@H](c2ccccc2F)N(Cc2cccnc2)C3=O)c1. The fourth-order valence-corrected chi connectivity index (χ4v) is 4.41. The summed E-state index contributed by atoms with van der Waals surface area (Å²) >= 11 is 0. The molecule has 0 radical (unpaired) electrons. The number of hydrogen-bond acceptors (Lipinski definition) is 4. The van der Waals surface area contributed by atoms with E-state index < -0.39 is 11.9 Å². The third-order valence-corrected chi connectivity index (χ3v) is 5.84. The van der Waals surface area contributed by atoms with E-state index in [9.17, 15) is 14.3 Å². The van der Waals surface area contributed by atoms with Gasteiger partial charge in [-0.05, 0) is 48.7 Å². The van der Waals surface area contributed by atoms with Gasteiger partial charge in [0.25, 0.3) is 5.91 Å². The van der Waals surface area contributed by atoms with Crippen molar-refractivity contribution in [2.24, 2.45) is 0 Å². The van der Waals surface area contributed by atoms with Crippen molar-refractivity contribution in [1.82, 2.24) is 20.1 Å². The monoisotopic (exact) mass is 428 g/mol. The number of carbonyl (C=O) groups is 1. The molecule has 2 aromatic carbocycles. The predicted octanol–water partition coefficient (Wildman–Crippen LogP) is 4.68.